The lowest BCUT2D eigenvalue weighted by atomic mass is 10.0. The molecule has 1 aromatic carbocycles. The molecule has 0 aliphatic heterocycles. The number of hydrogen-bond acceptors (Lipinski definition) is 7. The van der Waals surface area contributed by atoms with Crippen LogP contribution in [0.1, 0.15) is 45.5 Å². The molecule has 7 nitrogen and oxygen atoms in total. The fraction of sp³-hybridized carbons (Fsp3) is 0.526. The van der Waals surface area contributed by atoms with Crippen LogP contribution < -0.4 is 5.32 Å². The molecule has 148 valence electrons. The third-order valence-corrected chi connectivity index (χ3v) is 4.47. The molecule has 0 fully saturated rings. The first-order valence-electron chi connectivity index (χ1n) is 9.07. The van der Waals surface area contributed by atoms with Crippen molar-refractivity contribution in [3.05, 3.63) is 34.6 Å². The molecule has 0 saturated carbocycles. The maximum absolute atomic E-state index is 11.4. The second-order valence-corrected chi connectivity index (χ2v) is 7.60. The van der Waals surface area contributed by atoms with Gasteiger partial charge in [-0.25, -0.2) is 0 Å². The molecule has 0 aliphatic rings. The van der Waals surface area contributed by atoms with Gasteiger partial charge in [0, 0.05) is 23.0 Å². The van der Waals surface area contributed by atoms with E-state index in [0.717, 1.165) is 16.5 Å². The van der Waals surface area contributed by atoms with Crippen molar-refractivity contribution in [3.8, 4) is 11.4 Å². The van der Waals surface area contributed by atoms with Crippen molar-refractivity contribution in [3.63, 3.8) is 0 Å². The Balaban J connectivity index is 1.95. The number of aliphatic hydroxyl groups excluding tert-OH is 1. The lowest BCUT2D eigenvalue weighted by Gasteiger charge is -2.20. The lowest BCUT2D eigenvalue weighted by molar-refractivity contribution is -0.146. The molecule has 2 aromatic rings. The molecule has 1 heterocycles. The maximum Gasteiger partial charge on any atom is 0.305 e. The Kier molecular flexibility index (Phi) is 8.40. The molecule has 2 atom stereocenters. The standard InChI is InChI=1S/C19H26BrN3O4/c1-4-5-16(25)26-11-15(24)10-21-17(12(2)3)19-22-18(23-27-19)13-6-8-14(20)9-7-13/h6-9,12,15,17,21,24H,4-5,10-11H2,1-3H3/t15-,17-/m1/s1. The van der Waals surface area contributed by atoms with Crippen molar-refractivity contribution >= 4 is 21.9 Å². The van der Waals surface area contributed by atoms with Gasteiger partial charge >= 0.3 is 5.97 Å². The number of hydrogen-bond donors (Lipinski definition) is 2. The van der Waals surface area contributed by atoms with Gasteiger partial charge in [-0.2, -0.15) is 4.98 Å². The van der Waals surface area contributed by atoms with Crippen LogP contribution in [-0.4, -0.2) is 40.5 Å². The molecule has 0 unspecified atom stereocenters. The number of esters is 1. The average Bonchev–Trinajstić information content (AvgIpc) is 3.10. The van der Waals surface area contributed by atoms with Gasteiger partial charge in [0.15, 0.2) is 0 Å². The van der Waals surface area contributed by atoms with Gasteiger partial charge in [0.2, 0.25) is 11.7 Å². The Morgan fingerprint density at radius 3 is 2.67 bits per heavy atom. The van der Waals surface area contributed by atoms with E-state index in [1.165, 1.54) is 0 Å². The fourth-order valence-corrected chi connectivity index (χ4v) is 2.74. The van der Waals surface area contributed by atoms with Crippen molar-refractivity contribution in [2.24, 2.45) is 5.92 Å². The van der Waals surface area contributed by atoms with Crippen molar-refractivity contribution in [1.29, 1.82) is 0 Å². The van der Waals surface area contributed by atoms with Gasteiger partial charge in [0.1, 0.15) is 12.7 Å². The van der Waals surface area contributed by atoms with E-state index >= 15 is 0 Å². The minimum Gasteiger partial charge on any atom is -0.463 e. The number of aliphatic hydroxyl groups is 1. The number of halogens is 1. The van der Waals surface area contributed by atoms with E-state index in [2.05, 4.69) is 31.4 Å². The highest BCUT2D eigenvalue weighted by Crippen LogP contribution is 2.24. The van der Waals surface area contributed by atoms with Crippen molar-refractivity contribution in [1.82, 2.24) is 15.5 Å². The van der Waals surface area contributed by atoms with Crippen LogP contribution in [0.2, 0.25) is 0 Å². The Labute approximate surface area is 167 Å². The van der Waals surface area contributed by atoms with Crippen molar-refractivity contribution < 1.29 is 19.2 Å². The number of benzene rings is 1. The van der Waals surface area contributed by atoms with Crippen LogP contribution in [0.5, 0.6) is 0 Å². The van der Waals surface area contributed by atoms with Crippen LogP contribution in [0.15, 0.2) is 33.3 Å². The van der Waals surface area contributed by atoms with Crippen LogP contribution in [0.3, 0.4) is 0 Å². The first kappa shape index (κ1) is 21.5. The summed E-state index contributed by atoms with van der Waals surface area (Å²) in [6.07, 6.45) is 0.275. The number of ether oxygens (including phenoxy) is 1. The van der Waals surface area contributed by atoms with E-state index < -0.39 is 6.10 Å². The predicted molar refractivity (Wildman–Crippen MR) is 105 cm³/mol. The summed E-state index contributed by atoms with van der Waals surface area (Å²) in [7, 11) is 0. The average molecular weight is 440 g/mol. The molecule has 8 heteroatoms. The van der Waals surface area contributed by atoms with Gasteiger partial charge < -0.3 is 19.7 Å². The topological polar surface area (TPSA) is 97.5 Å². The first-order chi connectivity index (χ1) is 12.9. The summed E-state index contributed by atoms with van der Waals surface area (Å²) in [4.78, 5) is 15.9. The third kappa shape index (κ3) is 6.71. The van der Waals surface area contributed by atoms with E-state index in [1.54, 1.807) is 0 Å². The number of rotatable bonds is 10. The van der Waals surface area contributed by atoms with E-state index in [1.807, 2.05) is 45.0 Å². The van der Waals surface area contributed by atoms with Gasteiger partial charge in [-0.15, -0.1) is 0 Å². The van der Waals surface area contributed by atoms with Crippen molar-refractivity contribution in [2.45, 2.75) is 45.8 Å². The number of carbonyl (C=O) groups excluding carboxylic acids is 1. The van der Waals surface area contributed by atoms with Crippen LogP contribution >= 0.6 is 15.9 Å². The summed E-state index contributed by atoms with van der Waals surface area (Å²) in [5.74, 6) is 0.836. The zero-order valence-corrected chi connectivity index (χ0v) is 17.4. The van der Waals surface area contributed by atoms with Gasteiger partial charge in [-0.05, 0) is 36.6 Å². The number of aromatic nitrogens is 2. The number of nitrogens with zero attached hydrogens (tertiary/aromatic N) is 2. The molecule has 0 saturated heterocycles. The predicted octanol–water partition coefficient (Wildman–Crippen LogP) is 3.49. The molecule has 0 bridgehead atoms. The lowest BCUT2D eigenvalue weighted by Crippen LogP contribution is -2.35. The Hall–Kier alpha value is -1.77. The monoisotopic (exact) mass is 439 g/mol. The summed E-state index contributed by atoms with van der Waals surface area (Å²) in [6, 6.07) is 7.43. The molecular weight excluding hydrogens is 414 g/mol. The second kappa shape index (κ2) is 10.5. The molecule has 2 N–H and O–H groups in total. The van der Waals surface area contributed by atoms with Crippen LogP contribution in [0, 0.1) is 5.92 Å². The largest absolute Gasteiger partial charge is 0.463 e. The molecule has 2 rings (SSSR count). The fourth-order valence-electron chi connectivity index (χ4n) is 2.47. The Morgan fingerprint density at radius 2 is 2.04 bits per heavy atom. The summed E-state index contributed by atoms with van der Waals surface area (Å²) in [5.41, 5.74) is 0.860. The minimum absolute atomic E-state index is 0.0371. The summed E-state index contributed by atoms with van der Waals surface area (Å²) in [5, 5.41) is 17.3. The Bertz CT molecular complexity index is 718. The highest BCUT2D eigenvalue weighted by atomic mass is 79.9. The summed E-state index contributed by atoms with van der Waals surface area (Å²) in [6.45, 7) is 6.16. The van der Waals surface area contributed by atoms with Gasteiger partial charge in [0.05, 0.1) is 6.04 Å². The van der Waals surface area contributed by atoms with Crippen LogP contribution in [0.4, 0.5) is 0 Å². The second-order valence-electron chi connectivity index (χ2n) is 6.68. The zero-order chi connectivity index (χ0) is 19.8. The van der Waals surface area contributed by atoms with E-state index in [-0.39, 0.29) is 31.1 Å². The molecule has 0 amide bonds. The van der Waals surface area contributed by atoms with Crippen LogP contribution in [-0.2, 0) is 9.53 Å². The summed E-state index contributed by atoms with van der Waals surface area (Å²) < 4.78 is 11.4. The van der Waals surface area contributed by atoms with Gasteiger partial charge in [-0.3, -0.25) is 4.79 Å². The SMILES string of the molecule is CCCC(=O)OC[C@H](O)CN[C@@H](c1nc(-c2ccc(Br)cc2)no1)C(C)C. The zero-order valence-electron chi connectivity index (χ0n) is 15.8. The number of carbonyl (C=O) groups is 1. The third-order valence-electron chi connectivity index (χ3n) is 3.94. The minimum atomic E-state index is -0.805. The summed E-state index contributed by atoms with van der Waals surface area (Å²) >= 11 is 3.40. The number of nitrogens with one attached hydrogen (secondary N) is 1. The molecule has 0 radical (unpaired) electrons. The molecule has 27 heavy (non-hydrogen) atoms. The highest BCUT2D eigenvalue weighted by molar-refractivity contribution is 9.10. The van der Waals surface area contributed by atoms with Gasteiger partial charge in [-0.1, -0.05) is 41.9 Å². The van der Waals surface area contributed by atoms with Gasteiger partial charge in [0.25, 0.3) is 0 Å². The molecular formula is C19H26BrN3O4. The molecule has 0 aliphatic carbocycles. The normalized spacial score (nSPS) is 13.6. The van der Waals surface area contributed by atoms with E-state index in [4.69, 9.17) is 9.26 Å². The van der Waals surface area contributed by atoms with Crippen molar-refractivity contribution in [2.75, 3.05) is 13.2 Å². The first-order valence-corrected chi connectivity index (χ1v) is 9.86. The quantitative estimate of drug-likeness (QED) is 0.546. The van der Waals surface area contributed by atoms with E-state index in [0.29, 0.717) is 18.1 Å². The highest BCUT2D eigenvalue weighted by Gasteiger charge is 2.23. The smallest absolute Gasteiger partial charge is 0.305 e. The van der Waals surface area contributed by atoms with E-state index in [9.17, 15) is 9.90 Å². The maximum atomic E-state index is 11.4. The molecule has 0 spiro atoms. The van der Waals surface area contributed by atoms with Crippen LogP contribution in [0.25, 0.3) is 11.4 Å². The molecule has 1 aromatic heterocycles. The Morgan fingerprint density at radius 1 is 1.33 bits per heavy atom.